The molecule has 0 aliphatic heterocycles. The van der Waals surface area contributed by atoms with Gasteiger partial charge in [0.2, 0.25) is 0 Å². The minimum Gasteiger partial charge on any atom is -0.379 e. The van der Waals surface area contributed by atoms with Gasteiger partial charge in [0.25, 0.3) is 0 Å². The van der Waals surface area contributed by atoms with Crippen LogP contribution in [0.25, 0.3) is 10.2 Å². The van der Waals surface area contributed by atoms with Gasteiger partial charge in [-0.2, -0.15) is 0 Å². The highest BCUT2D eigenvalue weighted by Gasteiger charge is 2.08. The number of nitrogens with zero attached hydrogens (tertiary/aromatic N) is 2. The highest BCUT2D eigenvalue weighted by Crippen LogP contribution is 2.23. The summed E-state index contributed by atoms with van der Waals surface area (Å²) in [5, 5.41) is 3.94. The average molecular weight is 321 g/mol. The number of thiazole rings is 1. The summed E-state index contributed by atoms with van der Waals surface area (Å²) in [5.41, 5.74) is 4.90. The van der Waals surface area contributed by atoms with Crippen LogP contribution in [0.5, 0.6) is 0 Å². The number of fused-ring (bicyclic) bond motifs is 1. The fourth-order valence-electron chi connectivity index (χ4n) is 2.17. The first kappa shape index (κ1) is 14.4. The van der Waals surface area contributed by atoms with Crippen LogP contribution in [0, 0.1) is 0 Å². The number of aromatic nitrogens is 3. The van der Waals surface area contributed by atoms with E-state index in [-0.39, 0.29) is 0 Å². The van der Waals surface area contributed by atoms with Crippen LogP contribution in [-0.4, -0.2) is 15.0 Å². The first-order chi connectivity index (χ1) is 10.3. The second-order valence-electron chi connectivity index (χ2n) is 4.94. The lowest BCUT2D eigenvalue weighted by Crippen LogP contribution is -2.00. The van der Waals surface area contributed by atoms with E-state index in [9.17, 15) is 0 Å². The molecule has 0 bridgehead atoms. The molecule has 2 N–H and O–H groups in total. The monoisotopic (exact) mass is 320 g/mol. The first-order valence-corrected chi connectivity index (χ1v) is 8.32. The van der Waals surface area contributed by atoms with Crippen LogP contribution in [0.4, 0.5) is 5.69 Å². The number of aromatic amines is 1. The molecule has 0 unspecified atom stereocenters. The molecule has 0 aliphatic carbocycles. The van der Waals surface area contributed by atoms with Crippen molar-refractivity contribution < 1.29 is 0 Å². The first-order valence-electron chi connectivity index (χ1n) is 7.06. The fourth-order valence-corrected chi connectivity index (χ4v) is 3.11. The SMILES string of the molecule is CCCCc1nc(Cl)c(CNc2ccc3ncsc3c2)[nH]1. The average Bonchev–Trinajstić information content (AvgIpc) is 3.08. The van der Waals surface area contributed by atoms with Crippen molar-refractivity contribution in [1.29, 1.82) is 0 Å². The van der Waals surface area contributed by atoms with Crippen molar-refractivity contribution in [3.8, 4) is 0 Å². The molecular weight excluding hydrogens is 304 g/mol. The Labute approximate surface area is 132 Å². The number of H-pyrrole nitrogens is 1. The van der Waals surface area contributed by atoms with E-state index >= 15 is 0 Å². The summed E-state index contributed by atoms with van der Waals surface area (Å²) >= 11 is 7.82. The van der Waals surface area contributed by atoms with Gasteiger partial charge in [-0.1, -0.05) is 24.9 Å². The van der Waals surface area contributed by atoms with Gasteiger partial charge in [-0.3, -0.25) is 0 Å². The van der Waals surface area contributed by atoms with Crippen LogP contribution < -0.4 is 5.32 Å². The van der Waals surface area contributed by atoms with Crippen molar-refractivity contribution in [3.63, 3.8) is 0 Å². The van der Waals surface area contributed by atoms with E-state index in [1.54, 1.807) is 11.3 Å². The summed E-state index contributed by atoms with van der Waals surface area (Å²) in [5.74, 6) is 0.969. The van der Waals surface area contributed by atoms with Crippen LogP contribution in [0.3, 0.4) is 0 Å². The van der Waals surface area contributed by atoms with Crippen LogP contribution in [0.2, 0.25) is 5.15 Å². The van der Waals surface area contributed by atoms with Crippen LogP contribution in [0.1, 0.15) is 31.3 Å². The molecule has 0 saturated heterocycles. The molecule has 21 heavy (non-hydrogen) atoms. The van der Waals surface area contributed by atoms with E-state index in [1.165, 1.54) is 4.70 Å². The third-order valence-electron chi connectivity index (χ3n) is 3.35. The predicted molar refractivity (Wildman–Crippen MR) is 89.2 cm³/mol. The Bertz CT molecular complexity index is 734. The van der Waals surface area contributed by atoms with Crippen molar-refractivity contribution in [2.24, 2.45) is 0 Å². The van der Waals surface area contributed by atoms with Crippen molar-refractivity contribution in [3.05, 3.63) is 40.4 Å². The number of rotatable bonds is 6. The number of halogens is 1. The van der Waals surface area contributed by atoms with Gasteiger partial charge in [0.05, 0.1) is 28.0 Å². The van der Waals surface area contributed by atoms with Gasteiger partial charge in [0.15, 0.2) is 5.15 Å². The maximum atomic E-state index is 6.18. The van der Waals surface area contributed by atoms with E-state index in [2.05, 4.69) is 33.3 Å². The smallest absolute Gasteiger partial charge is 0.152 e. The topological polar surface area (TPSA) is 53.6 Å². The number of nitrogens with one attached hydrogen (secondary N) is 2. The van der Waals surface area contributed by atoms with Gasteiger partial charge < -0.3 is 10.3 Å². The van der Waals surface area contributed by atoms with Crippen LogP contribution in [0.15, 0.2) is 23.7 Å². The van der Waals surface area contributed by atoms with Crippen molar-refractivity contribution >= 4 is 38.8 Å². The molecule has 2 aromatic heterocycles. The Morgan fingerprint density at radius 2 is 2.29 bits per heavy atom. The van der Waals surface area contributed by atoms with Gasteiger partial charge in [-0.15, -0.1) is 11.3 Å². The molecule has 110 valence electrons. The van der Waals surface area contributed by atoms with Gasteiger partial charge in [-0.05, 0) is 24.6 Å². The van der Waals surface area contributed by atoms with Crippen LogP contribution in [-0.2, 0) is 13.0 Å². The molecule has 1 aromatic carbocycles. The molecule has 2 heterocycles. The zero-order chi connectivity index (χ0) is 14.7. The minimum absolute atomic E-state index is 0.562. The highest BCUT2D eigenvalue weighted by atomic mass is 35.5. The molecule has 0 aliphatic rings. The normalized spacial score (nSPS) is 11.1. The van der Waals surface area contributed by atoms with Gasteiger partial charge in [-0.25, -0.2) is 9.97 Å². The summed E-state index contributed by atoms with van der Waals surface area (Å²) in [4.78, 5) is 11.9. The van der Waals surface area contributed by atoms with E-state index in [0.29, 0.717) is 11.7 Å². The number of hydrogen-bond donors (Lipinski definition) is 2. The molecule has 3 rings (SSSR count). The number of imidazole rings is 1. The summed E-state index contributed by atoms with van der Waals surface area (Å²) < 4.78 is 1.18. The second-order valence-corrected chi connectivity index (χ2v) is 6.19. The van der Waals surface area contributed by atoms with E-state index in [4.69, 9.17) is 11.6 Å². The standard InChI is InChI=1S/C15H17ClN4S/c1-2-3-4-14-19-12(15(16)20-14)8-17-10-5-6-11-13(7-10)21-9-18-11/h5-7,9,17H,2-4,8H2,1H3,(H,19,20). The summed E-state index contributed by atoms with van der Waals surface area (Å²) in [6.45, 7) is 2.81. The number of anilines is 1. The zero-order valence-corrected chi connectivity index (χ0v) is 13.4. The Kier molecular flexibility index (Phi) is 4.41. The molecule has 0 radical (unpaired) electrons. The molecule has 0 fully saturated rings. The van der Waals surface area contributed by atoms with Gasteiger partial charge in [0, 0.05) is 12.1 Å². The maximum absolute atomic E-state index is 6.18. The third kappa shape index (κ3) is 3.36. The Morgan fingerprint density at radius 3 is 3.14 bits per heavy atom. The largest absolute Gasteiger partial charge is 0.379 e. The predicted octanol–water partition coefficient (Wildman–Crippen LogP) is 4.63. The Balaban J connectivity index is 1.67. The quantitative estimate of drug-likeness (QED) is 0.696. The van der Waals surface area contributed by atoms with Crippen molar-refractivity contribution in [2.75, 3.05) is 5.32 Å². The molecule has 0 spiro atoms. The molecule has 6 heteroatoms. The summed E-state index contributed by atoms with van der Waals surface area (Å²) in [6, 6.07) is 6.16. The van der Waals surface area contributed by atoms with E-state index < -0.39 is 0 Å². The highest BCUT2D eigenvalue weighted by molar-refractivity contribution is 7.16. The van der Waals surface area contributed by atoms with Gasteiger partial charge in [0.1, 0.15) is 5.82 Å². The molecule has 0 amide bonds. The second kappa shape index (κ2) is 6.45. The number of aryl methyl sites for hydroxylation is 1. The fraction of sp³-hybridized carbons (Fsp3) is 0.333. The molecule has 4 nitrogen and oxygen atoms in total. The Morgan fingerprint density at radius 1 is 1.38 bits per heavy atom. The number of benzene rings is 1. The van der Waals surface area contributed by atoms with E-state index in [1.807, 2.05) is 17.6 Å². The molecule has 0 atom stereocenters. The lowest BCUT2D eigenvalue weighted by Gasteiger charge is -2.05. The van der Waals surface area contributed by atoms with Crippen molar-refractivity contribution in [1.82, 2.24) is 15.0 Å². The number of hydrogen-bond acceptors (Lipinski definition) is 4. The lowest BCUT2D eigenvalue weighted by molar-refractivity contribution is 0.760. The van der Waals surface area contributed by atoms with E-state index in [0.717, 1.165) is 42.0 Å². The summed E-state index contributed by atoms with van der Waals surface area (Å²) in [7, 11) is 0. The van der Waals surface area contributed by atoms with Crippen molar-refractivity contribution in [2.45, 2.75) is 32.7 Å². The minimum atomic E-state index is 0.562. The number of unbranched alkanes of at least 4 members (excludes halogenated alkanes) is 1. The van der Waals surface area contributed by atoms with Gasteiger partial charge >= 0.3 is 0 Å². The molecule has 0 saturated carbocycles. The Hall–Kier alpha value is -1.59. The molecular formula is C15H17ClN4S. The van der Waals surface area contributed by atoms with Crippen LogP contribution >= 0.6 is 22.9 Å². The maximum Gasteiger partial charge on any atom is 0.152 e. The summed E-state index contributed by atoms with van der Waals surface area (Å²) in [6.07, 6.45) is 3.22. The lowest BCUT2D eigenvalue weighted by atomic mass is 10.2. The molecule has 3 aromatic rings. The zero-order valence-electron chi connectivity index (χ0n) is 11.8. The third-order valence-corrected chi connectivity index (χ3v) is 4.45.